The number of aliphatic hydroxyl groups is 2. The third-order valence-corrected chi connectivity index (χ3v) is 9.24. The molecule has 1 heterocycles. The number of aliphatic hydroxyl groups excluding tert-OH is 2. The number of alkyl halides is 3. The van der Waals surface area contributed by atoms with E-state index in [1.807, 2.05) is 0 Å². The highest BCUT2D eigenvalue weighted by atomic mass is 32.2. The first kappa shape index (κ1) is 26.2. The first-order valence-corrected chi connectivity index (χ1v) is 12.4. The average molecular weight is 500 g/mol. The molecule has 0 unspecified atom stereocenters. The molecule has 2 aromatic rings. The second-order valence-corrected chi connectivity index (χ2v) is 11.6. The summed E-state index contributed by atoms with van der Waals surface area (Å²) in [5.74, 6) is -1.08. The van der Waals surface area contributed by atoms with E-state index in [0.717, 1.165) is 18.2 Å². The van der Waals surface area contributed by atoms with Gasteiger partial charge in [0.15, 0.2) is 15.9 Å². The number of nitrogens with zero attached hydrogens (tertiary/aromatic N) is 1. The van der Waals surface area contributed by atoms with Crippen molar-refractivity contribution < 1.29 is 36.6 Å². The molecule has 34 heavy (non-hydrogen) atoms. The van der Waals surface area contributed by atoms with Crippen LogP contribution >= 0.6 is 0 Å². The Balaban J connectivity index is 1.71. The predicted octanol–water partition coefficient (Wildman–Crippen LogP) is 3.59. The van der Waals surface area contributed by atoms with Crippen LogP contribution in [0.5, 0.6) is 0 Å². The van der Waals surface area contributed by atoms with E-state index in [2.05, 4.69) is 0 Å². The number of carbonyl (C=O) groups is 1. The molecule has 186 valence electrons. The lowest BCUT2D eigenvalue weighted by Gasteiger charge is -2.40. The molecule has 0 radical (unpaired) electrons. The number of rotatable bonds is 6. The third kappa shape index (κ3) is 5.13. The summed E-state index contributed by atoms with van der Waals surface area (Å²) in [5.41, 5.74) is -0.637. The molecule has 1 amide bonds. The Morgan fingerprint density at radius 3 is 2.15 bits per heavy atom. The van der Waals surface area contributed by atoms with Crippen LogP contribution in [0, 0.1) is 5.92 Å². The molecule has 0 aliphatic carbocycles. The molecular weight excluding hydrogens is 471 g/mol. The maximum atomic E-state index is 13.3. The molecule has 1 aliphatic heterocycles. The van der Waals surface area contributed by atoms with Crippen LogP contribution in [0.1, 0.15) is 43.9 Å². The van der Waals surface area contributed by atoms with Crippen molar-refractivity contribution in [2.24, 2.45) is 5.92 Å². The van der Waals surface area contributed by atoms with Gasteiger partial charge in [-0.3, -0.25) is 4.79 Å². The van der Waals surface area contributed by atoms with E-state index in [9.17, 15) is 36.6 Å². The topological polar surface area (TPSA) is 94.9 Å². The van der Waals surface area contributed by atoms with E-state index in [0.29, 0.717) is 11.6 Å². The van der Waals surface area contributed by atoms with Crippen molar-refractivity contribution in [2.45, 2.75) is 54.7 Å². The van der Waals surface area contributed by atoms with Crippen molar-refractivity contribution in [3.05, 3.63) is 65.7 Å². The number of hydrogen-bond acceptors (Lipinski definition) is 5. The molecule has 0 bridgehead atoms. The van der Waals surface area contributed by atoms with Crippen LogP contribution < -0.4 is 0 Å². The number of hydrogen-bond donors (Lipinski definition) is 2. The number of benzene rings is 2. The van der Waals surface area contributed by atoms with Gasteiger partial charge in [0.05, 0.1) is 15.2 Å². The van der Waals surface area contributed by atoms with Gasteiger partial charge in [0, 0.05) is 13.1 Å². The number of halogens is 3. The summed E-state index contributed by atoms with van der Waals surface area (Å²) in [5, 5.41) is 20.7. The van der Waals surface area contributed by atoms with E-state index >= 15 is 0 Å². The van der Waals surface area contributed by atoms with E-state index in [1.54, 1.807) is 30.3 Å². The second-order valence-electron chi connectivity index (χ2n) is 9.03. The minimum Gasteiger partial charge on any atom is -0.385 e. The van der Waals surface area contributed by atoms with Gasteiger partial charge in [0.1, 0.15) is 6.10 Å². The Kier molecular flexibility index (Phi) is 7.45. The van der Waals surface area contributed by atoms with Gasteiger partial charge in [0.2, 0.25) is 0 Å². The van der Waals surface area contributed by atoms with Crippen LogP contribution in [0.4, 0.5) is 13.2 Å². The Morgan fingerprint density at radius 2 is 1.59 bits per heavy atom. The third-order valence-electron chi connectivity index (χ3n) is 6.65. The summed E-state index contributed by atoms with van der Waals surface area (Å²) in [6, 6.07) is 12.0. The van der Waals surface area contributed by atoms with Gasteiger partial charge >= 0.3 is 6.18 Å². The largest absolute Gasteiger partial charge is 0.416 e. The summed E-state index contributed by atoms with van der Waals surface area (Å²) in [7, 11) is -4.12. The van der Waals surface area contributed by atoms with Gasteiger partial charge in [-0.1, -0.05) is 36.4 Å². The summed E-state index contributed by atoms with van der Waals surface area (Å²) in [6.45, 7) is 3.28. The van der Waals surface area contributed by atoms with Crippen molar-refractivity contribution in [1.29, 1.82) is 0 Å². The summed E-state index contributed by atoms with van der Waals surface area (Å²) < 4.78 is 64.4. The van der Waals surface area contributed by atoms with E-state index < -0.39 is 55.3 Å². The van der Waals surface area contributed by atoms with Crippen molar-refractivity contribution >= 4 is 15.7 Å². The minimum absolute atomic E-state index is 0.156. The monoisotopic (exact) mass is 499 g/mol. The van der Waals surface area contributed by atoms with E-state index in [1.165, 1.54) is 18.7 Å². The summed E-state index contributed by atoms with van der Waals surface area (Å²) in [6.07, 6.45) is -7.16. The van der Waals surface area contributed by atoms with Crippen molar-refractivity contribution in [3.63, 3.8) is 0 Å². The fourth-order valence-electron chi connectivity index (χ4n) is 4.31. The van der Waals surface area contributed by atoms with Crippen molar-refractivity contribution in [1.82, 2.24) is 4.90 Å². The van der Waals surface area contributed by atoms with Gasteiger partial charge in [-0.05, 0) is 56.4 Å². The highest BCUT2D eigenvalue weighted by Crippen LogP contribution is 2.39. The number of amides is 1. The SMILES string of the molecule is CC(C)(C1CCN(C(=O)[C@H](O)[C@@H](O)c2ccccc2)CC1)S(=O)(=O)c1cccc(C(F)(F)F)c1. The zero-order valence-electron chi connectivity index (χ0n) is 18.9. The van der Waals surface area contributed by atoms with Gasteiger partial charge in [-0.25, -0.2) is 8.42 Å². The molecule has 10 heteroatoms. The highest BCUT2D eigenvalue weighted by molar-refractivity contribution is 7.92. The molecule has 1 saturated heterocycles. The lowest BCUT2D eigenvalue weighted by atomic mass is 9.85. The van der Waals surface area contributed by atoms with E-state index in [-0.39, 0.29) is 25.9 Å². The first-order valence-electron chi connectivity index (χ1n) is 10.9. The van der Waals surface area contributed by atoms with Crippen molar-refractivity contribution in [3.8, 4) is 0 Å². The Hall–Kier alpha value is -2.43. The minimum atomic E-state index is -4.66. The molecular formula is C24H28F3NO5S. The molecule has 2 N–H and O–H groups in total. The van der Waals surface area contributed by atoms with Gasteiger partial charge in [-0.2, -0.15) is 13.2 Å². The van der Waals surface area contributed by atoms with Gasteiger partial charge < -0.3 is 15.1 Å². The Bertz CT molecular complexity index is 1110. The highest BCUT2D eigenvalue weighted by Gasteiger charge is 2.45. The molecule has 2 aromatic carbocycles. The second kappa shape index (κ2) is 9.67. The molecule has 1 aliphatic rings. The molecule has 0 spiro atoms. The number of carbonyl (C=O) groups excluding carboxylic acids is 1. The van der Waals surface area contributed by atoms with Crippen molar-refractivity contribution in [2.75, 3.05) is 13.1 Å². The zero-order valence-corrected chi connectivity index (χ0v) is 19.7. The molecule has 3 rings (SSSR count). The van der Waals surface area contributed by atoms with Crippen LogP contribution in [-0.4, -0.2) is 53.4 Å². The first-order chi connectivity index (χ1) is 15.8. The number of likely N-dealkylation sites (tertiary alicyclic amines) is 1. The zero-order chi connectivity index (χ0) is 25.3. The summed E-state index contributed by atoms with van der Waals surface area (Å²) >= 11 is 0. The van der Waals surface area contributed by atoms with Gasteiger partial charge in [0.25, 0.3) is 5.91 Å². The maximum absolute atomic E-state index is 13.3. The van der Waals surface area contributed by atoms with Gasteiger partial charge in [-0.15, -0.1) is 0 Å². The average Bonchev–Trinajstić information content (AvgIpc) is 2.82. The lowest BCUT2D eigenvalue weighted by Crippen LogP contribution is -2.50. The molecule has 1 fully saturated rings. The lowest BCUT2D eigenvalue weighted by molar-refractivity contribution is -0.148. The van der Waals surface area contributed by atoms with Crippen LogP contribution in [-0.2, 0) is 20.8 Å². The fraction of sp³-hybridized carbons (Fsp3) is 0.458. The fourth-order valence-corrected chi connectivity index (χ4v) is 6.13. The van der Waals surface area contributed by atoms with Crippen LogP contribution in [0.3, 0.4) is 0 Å². The molecule has 6 nitrogen and oxygen atoms in total. The standard InChI is InChI=1S/C24H28F3NO5S/c1-23(2,34(32,33)19-10-6-9-18(15-19)24(25,26)27)17-11-13-28(14-12-17)22(31)21(30)20(29)16-7-4-3-5-8-16/h3-10,15,17,20-21,29-30H,11-14H2,1-2H3/t20-,21+/m0/s1. The number of sulfone groups is 1. The predicted molar refractivity (Wildman–Crippen MR) is 119 cm³/mol. The van der Waals surface area contributed by atoms with E-state index in [4.69, 9.17) is 0 Å². The smallest absolute Gasteiger partial charge is 0.385 e. The maximum Gasteiger partial charge on any atom is 0.416 e. The molecule has 2 atom stereocenters. The normalized spacial score (nSPS) is 17.9. The molecule has 0 saturated carbocycles. The number of piperidine rings is 1. The quantitative estimate of drug-likeness (QED) is 0.634. The van der Waals surface area contributed by atoms with Crippen LogP contribution in [0.15, 0.2) is 59.5 Å². The summed E-state index contributed by atoms with van der Waals surface area (Å²) in [4.78, 5) is 13.7. The Labute approximate surface area is 196 Å². The van der Waals surface area contributed by atoms with Crippen LogP contribution in [0.25, 0.3) is 0 Å². The van der Waals surface area contributed by atoms with Crippen LogP contribution in [0.2, 0.25) is 0 Å². The Morgan fingerprint density at radius 1 is 1.00 bits per heavy atom. The molecule has 0 aromatic heterocycles.